The normalized spacial score (nSPS) is 14.0. The average molecular weight is 392 g/mol. The summed E-state index contributed by atoms with van der Waals surface area (Å²) >= 11 is 0. The first-order valence-corrected chi connectivity index (χ1v) is 9.77. The number of rotatable bonds is 6. The van der Waals surface area contributed by atoms with Crippen LogP contribution in [0.4, 0.5) is 4.79 Å². The number of carbonyl (C=O) groups excluding carboxylic acids is 1. The second-order valence-corrected chi connectivity index (χ2v) is 7.54. The van der Waals surface area contributed by atoms with Gasteiger partial charge < -0.3 is 19.5 Å². The highest BCUT2D eigenvalue weighted by molar-refractivity contribution is 5.75. The van der Waals surface area contributed by atoms with E-state index in [1.165, 1.54) is 0 Å². The predicted molar refractivity (Wildman–Crippen MR) is 109 cm³/mol. The minimum Gasteiger partial charge on any atom is -0.487 e. The van der Waals surface area contributed by atoms with Crippen LogP contribution in [-0.2, 0) is 0 Å². The van der Waals surface area contributed by atoms with E-state index >= 15 is 0 Å². The van der Waals surface area contributed by atoms with E-state index in [9.17, 15) is 4.79 Å². The lowest BCUT2D eigenvalue weighted by molar-refractivity contribution is 0.0443. The number of aromatic nitrogens is 2. The van der Waals surface area contributed by atoms with Crippen LogP contribution in [0.1, 0.15) is 13.8 Å². The molecule has 2 heterocycles. The van der Waals surface area contributed by atoms with Crippen LogP contribution in [0.25, 0.3) is 22.8 Å². The molecular formula is C22H24N4O3. The van der Waals surface area contributed by atoms with E-state index in [-0.39, 0.29) is 12.1 Å². The molecule has 0 saturated carbocycles. The lowest BCUT2D eigenvalue weighted by atomic mass is 10.1. The summed E-state index contributed by atoms with van der Waals surface area (Å²) in [4.78, 5) is 18.2. The number of likely N-dealkylation sites (tertiary alicyclic amines) is 1. The SMILES string of the molecule is CC(C)CNC(=O)N1CC(Oc2ccc(-c3nc(-c4ccccc4)no3)cc2)C1. The zero-order valence-electron chi connectivity index (χ0n) is 16.5. The monoisotopic (exact) mass is 392 g/mol. The number of hydrogen-bond acceptors (Lipinski definition) is 5. The quantitative estimate of drug-likeness (QED) is 0.690. The Kier molecular flexibility index (Phi) is 5.46. The number of nitrogens with one attached hydrogen (secondary N) is 1. The summed E-state index contributed by atoms with van der Waals surface area (Å²) < 4.78 is 11.3. The van der Waals surface area contributed by atoms with Crippen LogP contribution < -0.4 is 10.1 Å². The largest absolute Gasteiger partial charge is 0.487 e. The first kappa shape index (κ1) is 19.0. The highest BCUT2D eigenvalue weighted by Gasteiger charge is 2.32. The maximum atomic E-state index is 12.0. The molecule has 1 aliphatic rings. The second-order valence-electron chi connectivity index (χ2n) is 7.54. The van der Waals surface area contributed by atoms with Crippen LogP contribution in [0.3, 0.4) is 0 Å². The molecule has 4 rings (SSSR count). The number of nitrogens with zero attached hydrogens (tertiary/aromatic N) is 3. The van der Waals surface area contributed by atoms with Crippen molar-refractivity contribution in [3.8, 4) is 28.6 Å². The van der Waals surface area contributed by atoms with Gasteiger partial charge in [-0.05, 0) is 30.2 Å². The molecular weight excluding hydrogens is 368 g/mol. The fourth-order valence-corrected chi connectivity index (χ4v) is 3.00. The zero-order chi connectivity index (χ0) is 20.2. The van der Waals surface area contributed by atoms with Crippen molar-refractivity contribution in [3.63, 3.8) is 0 Å². The van der Waals surface area contributed by atoms with Gasteiger partial charge in [0.05, 0.1) is 13.1 Å². The van der Waals surface area contributed by atoms with Crippen molar-refractivity contribution in [1.82, 2.24) is 20.4 Å². The minimum atomic E-state index is -0.0282. The van der Waals surface area contributed by atoms with Crippen LogP contribution in [0, 0.1) is 5.92 Å². The van der Waals surface area contributed by atoms with Crippen molar-refractivity contribution in [1.29, 1.82) is 0 Å². The van der Waals surface area contributed by atoms with Crippen molar-refractivity contribution in [2.75, 3.05) is 19.6 Å². The summed E-state index contributed by atoms with van der Waals surface area (Å²) in [6.07, 6.45) is 0.0127. The Morgan fingerprint density at radius 1 is 1.14 bits per heavy atom. The van der Waals surface area contributed by atoms with Crippen molar-refractivity contribution < 1.29 is 14.1 Å². The Morgan fingerprint density at radius 3 is 2.55 bits per heavy atom. The van der Waals surface area contributed by atoms with E-state index in [0.717, 1.165) is 16.9 Å². The van der Waals surface area contributed by atoms with E-state index in [0.29, 0.717) is 37.3 Å². The van der Waals surface area contributed by atoms with Gasteiger partial charge in [-0.15, -0.1) is 0 Å². The van der Waals surface area contributed by atoms with Crippen LogP contribution in [0.2, 0.25) is 0 Å². The Balaban J connectivity index is 1.31. The molecule has 1 aromatic heterocycles. The van der Waals surface area contributed by atoms with E-state index in [4.69, 9.17) is 9.26 Å². The summed E-state index contributed by atoms with van der Waals surface area (Å²) in [5, 5.41) is 6.96. The molecule has 0 atom stereocenters. The first-order chi connectivity index (χ1) is 14.1. The van der Waals surface area contributed by atoms with Gasteiger partial charge in [-0.1, -0.05) is 49.3 Å². The van der Waals surface area contributed by atoms with Gasteiger partial charge in [0.25, 0.3) is 5.89 Å². The van der Waals surface area contributed by atoms with Gasteiger partial charge in [-0.2, -0.15) is 4.98 Å². The molecule has 3 aromatic rings. The molecule has 0 aliphatic carbocycles. The average Bonchev–Trinajstić information content (AvgIpc) is 3.20. The number of hydrogen-bond donors (Lipinski definition) is 1. The number of ether oxygens (including phenoxy) is 1. The topological polar surface area (TPSA) is 80.5 Å². The third kappa shape index (κ3) is 4.56. The molecule has 2 aromatic carbocycles. The maximum absolute atomic E-state index is 12.0. The third-order valence-corrected chi connectivity index (χ3v) is 4.66. The number of amides is 2. The molecule has 0 bridgehead atoms. The Labute approximate surface area is 169 Å². The van der Waals surface area contributed by atoms with Crippen LogP contribution in [-0.4, -0.2) is 46.8 Å². The van der Waals surface area contributed by atoms with E-state index in [1.54, 1.807) is 4.90 Å². The van der Waals surface area contributed by atoms with Gasteiger partial charge in [-0.25, -0.2) is 4.79 Å². The molecule has 29 heavy (non-hydrogen) atoms. The van der Waals surface area contributed by atoms with E-state index in [1.807, 2.05) is 54.6 Å². The molecule has 1 N–H and O–H groups in total. The second kappa shape index (κ2) is 8.34. The zero-order valence-corrected chi connectivity index (χ0v) is 16.5. The van der Waals surface area contributed by atoms with E-state index < -0.39 is 0 Å². The summed E-state index contributed by atoms with van der Waals surface area (Å²) in [6, 6.07) is 17.2. The first-order valence-electron chi connectivity index (χ1n) is 9.77. The van der Waals surface area contributed by atoms with Gasteiger partial charge in [0, 0.05) is 17.7 Å². The number of benzene rings is 2. The van der Waals surface area contributed by atoms with Gasteiger partial charge in [0.15, 0.2) is 0 Å². The van der Waals surface area contributed by atoms with E-state index in [2.05, 4.69) is 29.3 Å². The standard InChI is InChI=1S/C22H24N4O3/c1-15(2)12-23-22(27)26-13-19(14-26)28-18-10-8-17(9-11-18)21-24-20(25-29-21)16-6-4-3-5-7-16/h3-11,15,19H,12-14H2,1-2H3,(H,23,27). The third-order valence-electron chi connectivity index (χ3n) is 4.66. The summed E-state index contributed by atoms with van der Waals surface area (Å²) in [5.74, 6) is 2.22. The smallest absolute Gasteiger partial charge is 0.317 e. The molecule has 0 unspecified atom stereocenters. The molecule has 2 amide bonds. The Morgan fingerprint density at radius 2 is 1.86 bits per heavy atom. The molecule has 150 valence electrons. The molecule has 1 aliphatic heterocycles. The van der Waals surface area contributed by atoms with Crippen molar-refractivity contribution in [2.45, 2.75) is 20.0 Å². The van der Waals surface area contributed by atoms with Crippen LogP contribution in [0.5, 0.6) is 5.75 Å². The molecule has 0 radical (unpaired) electrons. The van der Waals surface area contributed by atoms with Crippen molar-refractivity contribution >= 4 is 6.03 Å². The fraction of sp³-hybridized carbons (Fsp3) is 0.318. The molecule has 1 saturated heterocycles. The lowest BCUT2D eigenvalue weighted by Crippen LogP contribution is -2.59. The highest BCUT2D eigenvalue weighted by atomic mass is 16.5. The molecule has 1 fully saturated rings. The molecule has 7 heteroatoms. The van der Waals surface area contributed by atoms with Crippen molar-refractivity contribution in [3.05, 3.63) is 54.6 Å². The summed E-state index contributed by atoms with van der Waals surface area (Å²) in [7, 11) is 0. The Hall–Kier alpha value is -3.35. The van der Waals surface area contributed by atoms with Gasteiger partial charge >= 0.3 is 6.03 Å². The minimum absolute atomic E-state index is 0.0127. The van der Waals surface area contributed by atoms with Crippen molar-refractivity contribution in [2.24, 2.45) is 5.92 Å². The molecule has 7 nitrogen and oxygen atoms in total. The summed E-state index contributed by atoms with van der Waals surface area (Å²) in [6.45, 7) is 6.01. The number of carbonyl (C=O) groups is 1. The lowest BCUT2D eigenvalue weighted by Gasteiger charge is -2.38. The van der Waals surface area contributed by atoms with Crippen LogP contribution >= 0.6 is 0 Å². The fourth-order valence-electron chi connectivity index (χ4n) is 3.00. The maximum Gasteiger partial charge on any atom is 0.317 e. The Bertz CT molecular complexity index is 948. The van der Waals surface area contributed by atoms with Gasteiger partial charge in [-0.3, -0.25) is 0 Å². The van der Waals surface area contributed by atoms with Gasteiger partial charge in [0.2, 0.25) is 5.82 Å². The molecule has 0 spiro atoms. The predicted octanol–water partition coefficient (Wildman–Crippen LogP) is 3.83. The summed E-state index contributed by atoms with van der Waals surface area (Å²) in [5.41, 5.74) is 1.74. The number of urea groups is 1. The highest BCUT2D eigenvalue weighted by Crippen LogP contribution is 2.25. The van der Waals surface area contributed by atoms with Gasteiger partial charge in [0.1, 0.15) is 11.9 Å². The van der Waals surface area contributed by atoms with Crippen LogP contribution in [0.15, 0.2) is 59.1 Å².